The summed E-state index contributed by atoms with van der Waals surface area (Å²) in [7, 11) is 0. The number of rotatable bonds is 8. The fourth-order valence-electron chi connectivity index (χ4n) is 6.17. The molecule has 4 rings (SSSR count). The quantitative estimate of drug-likeness (QED) is 0.120. The highest BCUT2D eigenvalue weighted by Gasteiger charge is 2.34. The zero-order valence-electron chi connectivity index (χ0n) is 26.2. The van der Waals surface area contributed by atoms with Gasteiger partial charge in [0.05, 0.1) is 37.5 Å². The van der Waals surface area contributed by atoms with Crippen molar-refractivity contribution in [3.05, 3.63) is 0 Å². The Morgan fingerprint density at radius 1 is 0.476 bits per heavy atom. The van der Waals surface area contributed by atoms with Crippen molar-refractivity contribution in [2.75, 3.05) is 51.2 Å². The van der Waals surface area contributed by atoms with Crippen LogP contribution in [-0.2, 0) is 0 Å². The zero-order valence-corrected chi connectivity index (χ0v) is 30.9. The lowest BCUT2D eigenvalue weighted by Crippen LogP contribution is -3.00. The van der Waals surface area contributed by atoms with Crippen LogP contribution in [0.25, 0.3) is 0 Å². The number of aliphatic hydroxyl groups excluding tert-OH is 4. The number of hydrogen-bond donors (Lipinski definition) is 8. The minimum atomic E-state index is -0.108. The van der Waals surface area contributed by atoms with Crippen LogP contribution >= 0.6 is 47.0 Å². The van der Waals surface area contributed by atoms with Gasteiger partial charge in [0.15, 0.2) is 0 Å². The van der Waals surface area contributed by atoms with E-state index in [0.29, 0.717) is 44.7 Å². The van der Waals surface area contributed by atoms with E-state index < -0.39 is 0 Å². The third-order valence-electron chi connectivity index (χ3n) is 8.97. The number of aliphatic hydroxyl groups is 4. The topological polar surface area (TPSA) is 188 Å². The van der Waals surface area contributed by atoms with Crippen molar-refractivity contribution in [2.24, 2.45) is 35.1 Å². The smallest absolute Gasteiger partial charge is 0.0769 e. The summed E-state index contributed by atoms with van der Waals surface area (Å²) in [4.78, 5) is 0. The molecule has 4 fully saturated rings. The predicted octanol–water partition coefficient (Wildman–Crippen LogP) is -5.64. The van der Waals surface area contributed by atoms with Crippen LogP contribution in [0.5, 0.6) is 0 Å². The fraction of sp³-hybridized carbons (Fsp3) is 1.00. The van der Waals surface area contributed by atoms with Gasteiger partial charge < -0.3 is 68.2 Å². The molecule has 0 radical (unpaired) electrons. The number of halogens is 2. The van der Waals surface area contributed by atoms with Gasteiger partial charge in [0, 0.05) is 32.8 Å². The minimum Gasteiger partial charge on any atom is -1.00 e. The van der Waals surface area contributed by atoms with Gasteiger partial charge in [-0.05, 0) is 101 Å². The zero-order chi connectivity index (χ0) is 30.2. The lowest BCUT2D eigenvalue weighted by atomic mass is 10.1. The molecular formula is C28H62Cl2N4O4S4. The van der Waals surface area contributed by atoms with E-state index >= 15 is 0 Å². The highest BCUT2D eigenvalue weighted by Crippen LogP contribution is 2.34. The lowest BCUT2D eigenvalue weighted by molar-refractivity contribution is -0.379. The van der Waals surface area contributed by atoms with Gasteiger partial charge >= 0.3 is 0 Å². The molecular weight excluding hydrogens is 656 g/mol. The van der Waals surface area contributed by atoms with Crippen LogP contribution < -0.4 is 47.7 Å². The van der Waals surface area contributed by atoms with Gasteiger partial charge in [-0.15, -0.1) is 0 Å². The molecule has 8 nitrogen and oxygen atoms in total. The summed E-state index contributed by atoms with van der Waals surface area (Å²) in [6.45, 7) is 3.42. The van der Waals surface area contributed by atoms with Gasteiger partial charge in [0.25, 0.3) is 0 Å². The van der Waals surface area contributed by atoms with Crippen LogP contribution in [0.1, 0.15) is 51.4 Å². The molecule has 0 saturated heterocycles. The summed E-state index contributed by atoms with van der Waals surface area (Å²) in [5.41, 5.74) is 18.7. The molecule has 256 valence electrons. The van der Waals surface area contributed by atoms with Crippen LogP contribution in [0, 0.1) is 23.7 Å². The molecule has 0 amide bonds. The van der Waals surface area contributed by atoms with E-state index in [1.807, 2.05) is 12.5 Å². The summed E-state index contributed by atoms with van der Waals surface area (Å²) < 4.78 is 0. The molecule has 4 aliphatic rings. The van der Waals surface area contributed by atoms with Gasteiger partial charge in [0.2, 0.25) is 0 Å². The Morgan fingerprint density at radius 2 is 0.690 bits per heavy atom. The molecule has 0 heterocycles. The van der Waals surface area contributed by atoms with Crippen LogP contribution in [0.4, 0.5) is 0 Å². The maximum Gasteiger partial charge on any atom is 0.0769 e. The van der Waals surface area contributed by atoms with Gasteiger partial charge in [0.1, 0.15) is 0 Å². The maximum atomic E-state index is 9.44. The number of hydrogen-bond acceptors (Lipinski definition) is 10. The molecule has 14 N–H and O–H groups in total. The first kappa shape index (κ1) is 45.8. The third kappa shape index (κ3) is 16.0. The SMILES string of the molecule is CS[C@@H]1C[C@@H](CN)C[C@H]1O.CS[C@@H]1C[C@@H](C[NH3+])C[C@H]1O.CS[C@H]1C[C@H](CN)C[C@@H]1O.CS[C@H]1C[C@H](C[NH3+])C[C@@H]1O.[Cl-].[Cl-]. The molecule has 14 heteroatoms. The van der Waals surface area contributed by atoms with E-state index in [2.05, 4.69) is 24.0 Å². The van der Waals surface area contributed by atoms with Crippen molar-refractivity contribution in [2.45, 2.75) is 96.8 Å². The van der Waals surface area contributed by atoms with E-state index in [1.165, 1.54) is 0 Å². The predicted molar refractivity (Wildman–Crippen MR) is 178 cm³/mol. The molecule has 0 spiro atoms. The Hall–Kier alpha value is 1.66. The normalized spacial score (nSPS) is 38.6. The molecule has 12 atom stereocenters. The molecule has 42 heavy (non-hydrogen) atoms. The van der Waals surface area contributed by atoms with E-state index in [9.17, 15) is 20.4 Å². The third-order valence-corrected chi connectivity index (χ3v) is 13.4. The molecule has 0 unspecified atom stereocenters. The number of thioether (sulfide) groups is 4. The van der Waals surface area contributed by atoms with Crippen LogP contribution in [0.3, 0.4) is 0 Å². The second-order valence-electron chi connectivity index (χ2n) is 11.8. The number of nitrogens with two attached hydrogens (primary N) is 2. The van der Waals surface area contributed by atoms with E-state index in [0.717, 1.165) is 77.5 Å². The van der Waals surface area contributed by atoms with Gasteiger partial charge in [-0.2, -0.15) is 47.0 Å². The molecule has 0 aliphatic heterocycles. The van der Waals surface area contributed by atoms with Crippen molar-refractivity contribution < 1.29 is 56.7 Å². The van der Waals surface area contributed by atoms with Crippen molar-refractivity contribution in [1.82, 2.24) is 0 Å². The highest BCUT2D eigenvalue weighted by atomic mass is 35.5. The molecule has 0 aromatic rings. The lowest BCUT2D eigenvalue weighted by Gasteiger charge is -2.08. The average Bonchev–Trinajstić information content (AvgIpc) is 3.73. The molecule has 4 saturated carbocycles. The van der Waals surface area contributed by atoms with Crippen molar-refractivity contribution in [1.29, 1.82) is 0 Å². The summed E-state index contributed by atoms with van der Waals surface area (Å²) in [5, 5.41) is 39.5. The van der Waals surface area contributed by atoms with Crippen molar-refractivity contribution in [3.8, 4) is 0 Å². The fourth-order valence-corrected chi connectivity index (χ4v) is 9.73. The Morgan fingerprint density at radius 3 is 0.810 bits per heavy atom. The largest absolute Gasteiger partial charge is 1.00 e. The van der Waals surface area contributed by atoms with E-state index in [4.69, 9.17) is 11.5 Å². The Balaban J connectivity index is 0. The average molecular weight is 718 g/mol. The summed E-state index contributed by atoms with van der Waals surface area (Å²) in [6.07, 6.45) is 16.1. The Labute approximate surface area is 285 Å². The summed E-state index contributed by atoms with van der Waals surface area (Å²) in [5.74, 6) is 2.47. The van der Waals surface area contributed by atoms with Gasteiger partial charge in [-0.3, -0.25) is 0 Å². The first-order valence-corrected chi connectivity index (χ1v) is 20.1. The van der Waals surface area contributed by atoms with E-state index in [-0.39, 0.29) is 49.2 Å². The molecule has 4 aliphatic carbocycles. The highest BCUT2D eigenvalue weighted by molar-refractivity contribution is 7.99. The minimum absolute atomic E-state index is 0. The first-order valence-electron chi connectivity index (χ1n) is 14.9. The summed E-state index contributed by atoms with van der Waals surface area (Å²) >= 11 is 7.07. The van der Waals surface area contributed by atoms with Crippen molar-refractivity contribution >= 4 is 47.0 Å². The monoisotopic (exact) mass is 716 g/mol. The van der Waals surface area contributed by atoms with Gasteiger partial charge in [-0.1, -0.05) is 0 Å². The van der Waals surface area contributed by atoms with Crippen molar-refractivity contribution in [3.63, 3.8) is 0 Å². The van der Waals surface area contributed by atoms with Gasteiger partial charge in [-0.25, -0.2) is 0 Å². The van der Waals surface area contributed by atoms with Crippen LogP contribution in [0.15, 0.2) is 0 Å². The van der Waals surface area contributed by atoms with E-state index in [1.54, 1.807) is 47.0 Å². The Bertz CT molecular complexity index is 555. The standard InChI is InChI=1S/4C7H15NOS.2ClH/c4*1-10-7-3-5(4-8)2-6(7)9;;/h4*5-7,9H,2-4,8H2,1H3;2*1H/t4*5-,6+,7+;;/m1100../s1. The maximum absolute atomic E-state index is 9.44. The summed E-state index contributed by atoms with van der Waals surface area (Å²) in [6, 6.07) is 0. The number of quaternary nitrogens is 2. The van der Waals surface area contributed by atoms with Crippen LogP contribution in [-0.4, -0.2) is 117 Å². The van der Waals surface area contributed by atoms with Crippen LogP contribution in [0.2, 0.25) is 0 Å². The second-order valence-corrected chi connectivity index (χ2v) is 16.1. The Kier molecular flexibility index (Phi) is 28.0. The molecule has 0 aromatic heterocycles. The first-order chi connectivity index (χ1) is 19.1. The second kappa shape index (κ2) is 25.7. The molecule has 0 aromatic carbocycles. The molecule has 0 bridgehead atoms.